The predicted molar refractivity (Wildman–Crippen MR) is 61.9 cm³/mol. The molecule has 0 spiro atoms. The molecule has 2 aromatic rings. The van der Waals surface area contributed by atoms with Crippen LogP contribution in [0.5, 0.6) is 5.75 Å². The van der Waals surface area contributed by atoms with Crippen LogP contribution >= 0.6 is 0 Å². The van der Waals surface area contributed by atoms with Crippen molar-refractivity contribution < 1.29 is 13.9 Å². The normalized spacial score (nSPS) is 10.4. The molecule has 0 unspecified atom stereocenters. The van der Waals surface area contributed by atoms with Gasteiger partial charge in [-0.2, -0.15) is 0 Å². The molecule has 0 atom stereocenters. The average Bonchev–Trinajstić information content (AvgIpc) is 2.29. The molecule has 1 amide bonds. The van der Waals surface area contributed by atoms with Gasteiger partial charge in [-0.1, -0.05) is 0 Å². The van der Waals surface area contributed by atoms with Crippen LogP contribution in [0.25, 0.3) is 11.0 Å². The number of hydrogen-bond donors (Lipinski definition) is 1. The van der Waals surface area contributed by atoms with Crippen LogP contribution in [0, 0.1) is 0 Å². The first-order chi connectivity index (χ1) is 8.10. The van der Waals surface area contributed by atoms with Gasteiger partial charge in [0.1, 0.15) is 11.3 Å². The number of rotatable bonds is 3. The number of hydrogen-bond acceptors (Lipinski definition) is 4. The highest BCUT2D eigenvalue weighted by atomic mass is 16.5. The first kappa shape index (κ1) is 11.2. The van der Waals surface area contributed by atoms with E-state index >= 15 is 0 Å². The molecule has 0 aliphatic rings. The summed E-state index contributed by atoms with van der Waals surface area (Å²) in [6.45, 7) is 0. The Morgan fingerprint density at radius 1 is 1.41 bits per heavy atom. The molecule has 1 aromatic heterocycles. The van der Waals surface area contributed by atoms with Crippen LogP contribution in [0.1, 0.15) is 5.56 Å². The van der Waals surface area contributed by atoms with Gasteiger partial charge in [-0.25, -0.2) is 4.79 Å². The van der Waals surface area contributed by atoms with Crippen LogP contribution in [0.2, 0.25) is 0 Å². The third kappa shape index (κ3) is 2.28. The van der Waals surface area contributed by atoms with E-state index in [2.05, 4.69) is 0 Å². The lowest BCUT2D eigenvalue weighted by atomic mass is 10.1. The Balaban J connectivity index is 2.58. The molecule has 0 aliphatic heterocycles. The SMILES string of the molecule is COc1ccc2cc(CC(N)=O)c(=O)oc2c1. The predicted octanol–water partition coefficient (Wildman–Crippen LogP) is 0.829. The summed E-state index contributed by atoms with van der Waals surface area (Å²) in [5.41, 5.74) is 5.17. The van der Waals surface area contributed by atoms with Gasteiger partial charge in [-0.3, -0.25) is 4.79 Å². The van der Waals surface area contributed by atoms with Gasteiger partial charge in [0.2, 0.25) is 5.91 Å². The highest BCUT2D eigenvalue weighted by molar-refractivity contribution is 5.81. The Hall–Kier alpha value is -2.30. The maximum absolute atomic E-state index is 11.6. The molecule has 1 aromatic carbocycles. The van der Waals surface area contributed by atoms with E-state index in [0.29, 0.717) is 11.3 Å². The summed E-state index contributed by atoms with van der Waals surface area (Å²) in [6, 6.07) is 6.72. The van der Waals surface area contributed by atoms with E-state index in [9.17, 15) is 9.59 Å². The number of benzene rings is 1. The lowest BCUT2D eigenvalue weighted by Gasteiger charge is -2.02. The standard InChI is InChI=1S/C12H11NO4/c1-16-9-3-2-7-4-8(5-11(13)14)12(15)17-10(7)6-9/h2-4,6H,5H2,1H3,(H2,13,14). The van der Waals surface area contributed by atoms with Crippen LogP contribution in [-0.2, 0) is 11.2 Å². The monoisotopic (exact) mass is 233 g/mol. The minimum Gasteiger partial charge on any atom is -0.497 e. The molecule has 17 heavy (non-hydrogen) atoms. The van der Waals surface area contributed by atoms with Crippen molar-refractivity contribution in [3.05, 3.63) is 40.2 Å². The van der Waals surface area contributed by atoms with E-state index in [1.807, 2.05) is 0 Å². The number of nitrogens with two attached hydrogens (primary N) is 1. The number of primary amides is 1. The van der Waals surface area contributed by atoms with Gasteiger partial charge < -0.3 is 14.9 Å². The number of amides is 1. The number of methoxy groups -OCH3 is 1. The van der Waals surface area contributed by atoms with Crippen molar-refractivity contribution in [3.63, 3.8) is 0 Å². The summed E-state index contributed by atoms with van der Waals surface area (Å²) in [6.07, 6.45) is -0.121. The quantitative estimate of drug-likeness (QED) is 0.796. The van der Waals surface area contributed by atoms with Crippen LogP contribution in [-0.4, -0.2) is 13.0 Å². The van der Waals surface area contributed by atoms with E-state index in [1.165, 1.54) is 7.11 Å². The Bertz CT molecular complexity index is 630. The molecule has 2 rings (SSSR count). The van der Waals surface area contributed by atoms with Gasteiger partial charge in [-0.05, 0) is 18.2 Å². The summed E-state index contributed by atoms with van der Waals surface area (Å²) in [4.78, 5) is 22.3. The minimum absolute atomic E-state index is 0.121. The van der Waals surface area contributed by atoms with Gasteiger partial charge in [-0.15, -0.1) is 0 Å². The van der Waals surface area contributed by atoms with Crippen LogP contribution in [0.3, 0.4) is 0 Å². The topological polar surface area (TPSA) is 82.5 Å². The second-order valence-corrected chi connectivity index (χ2v) is 3.61. The zero-order valence-corrected chi connectivity index (χ0v) is 9.23. The van der Waals surface area contributed by atoms with Crippen molar-refractivity contribution in [2.45, 2.75) is 6.42 Å². The summed E-state index contributed by atoms with van der Waals surface area (Å²) in [5.74, 6) is 0.0356. The Morgan fingerprint density at radius 2 is 2.18 bits per heavy atom. The number of fused-ring (bicyclic) bond motifs is 1. The van der Waals surface area contributed by atoms with Crippen molar-refractivity contribution in [3.8, 4) is 5.75 Å². The largest absolute Gasteiger partial charge is 0.497 e. The lowest BCUT2D eigenvalue weighted by Crippen LogP contribution is -2.19. The maximum atomic E-state index is 11.6. The molecule has 0 radical (unpaired) electrons. The summed E-state index contributed by atoms with van der Waals surface area (Å²) in [7, 11) is 1.53. The third-order valence-corrected chi connectivity index (χ3v) is 2.38. The van der Waals surface area contributed by atoms with Crippen LogP contribution in [0.4, 0.5) is 0 Å². The molecule has 0 saturated carbocycles. The smallest absolute Gasteiger partial charge is 0.339 e. The zero-order chi connectivity index (χ0) is 12.4. The van der Waals surface area contributed by atoms with E-state index in [4.69, 9.17) is 14.9 Å². The molecular weight excluding hydrogens is 222 g/mol. The minimum atomic E-state index is -0.565. The maximum Gasteiger partial charge on any atom is 0.339 e. The molecule has 2 N–H and O–H groups in total. The van der Waals surface area contributed by atoms with E-state index in [1.54, 1.807) is 24.3 Å². The molecule has 5 heteroatoms. The van der Waals surface area contributed by atoms with Crippen LogP contribution in [0.15, 0.2) is 33.5 Å². The van der Waals surface area contributed by atoms with Crippen molar-refractivity contribution in [2.75, 3.05) is 7.11 Å². The number of ether oxygens (including phenoxy) is 1. The molecule has 0 saturated heterocycles. The molecule has 5 nitrogen and oxygen atoms in total. The van der Waals surface area contributed by atoms with Gasteiger partial charge >= 0.3 is 5.63 Å². The second kappa shape index (κ2) is 4.29. The summed E-state index contributed by atoms with van der Waals surface area (Å²) in [5, 5.41) is 0.724. The second-order valence-electron chi connectivity index (χ2n) is 3.61. The third-order valence-electron chi connectivity index (χ3n) is 2.38. The van der Waals surface area contributed by atoms with Crippen LogP contribution < -0.4 is 16.1 Å². The van der Waals surface area contributed by atoms with E-state index < -0.39 is 11.5 Å². The van der Waals surface area contributed by atoms with E-state index in [-0.39, 0.29) is 12.0 Å². The Kier molecular flexibility index (Phi) is 2.82. The first-order valence-electron chi connectivity index (χ1n) is 4.99. The first-order valence-corrected chi connectivity index (χ1v) is 4.99. The molecule has 88 valence electrons. The molecule has 0 aliphatic carbocycles. The fourth-order valence-corrected chi connectivity index (χ4v) is 1.57. The summed E-state index contributed by atoms with van der Waals surface area (Å²) < 4.78 is 10.1. The molecule has 0 bridgehead atoms. The fraction of sp³-hybridized carbons (Fsp3) is 0.167. The van der Waals surface area contributed by atoms with Gasteiger partial charge in [0.05, 0.1) is 13.5 Å². The average molecular weight is 233 g/mol. The highest BCUT2D eigenvalue weighted by Gasteiger charge is 2.08. The highest BCUT2D eigenvalue weighted by Crippen LogP contribution is 2.20. The van der Waals surface area contributed by atoms with E-state index in [0.717, 1.165) is 5.39 Å². The van der Waals surface area contributed by atoms with Crippen molar-refractivity contribution in [1.29, 1.82) is 0 Å². The van der Waals surface area contributed by atoms with Crippen molar-refractivity contribution in [2.24, 2.45) is 5.73 Å². The fourth-order valence-electron chi connectivity index (χ4n) is 1.57. The Labute approximate surface area is 96.8 Å². The lowest BCUT2D eigenvalue weighted by molar-refractivity contribution is -0.117. The molecule has 1 heterocycles. The summed E-state index contributed by atoms with van der Waals surface area (Å²) >= 11 is 0. The molecular formula is C12H11NO4. The number of carbonyl (C=O) groups excluding carboxylic acids is 1. The Morgan fingerprint density at radius 3 is 2.82 bits per heavy atom. The molecule has 0 fully saturated rings. The number of carbonyl (C=O) groups is 1. The van der Waals surface area contributed by atoms with Gasteiger partial charge in [0, 0.05) is 17.0 Å². The van der Waals surface area contributed by atoms with Gasteiger partial charge in [0.25, 0.3) is 0 Å². The zero-order valence-electron chi connectivity index (χ0n) is 9.23. The van der Waals surface area contributed by atoms with Crippen molar-refractivity contribution >= 4 is 16.9 Å². The van der Waals surface area contributed by atoms with Gasteiger partial charge in [0.15, 0.2) is 0 Å². The van der Waals surface area contributed by atoms with Crippen molar-refractivity contribution in [1.82, 2.24) is 0 Å².